The standard InChI is InChI=1S/C23H21N3O3S2/c1-15-13-31-23(24-15)26(18-7-5-4-6-8-18)21(27)12-17-14-30-22(25-17)16-9-10-19(28-2)20(11-16)29-3/h4-11,13-14H,12H2,1-3H3. The van der Waals surface area contributed by atoms with E-state index >= 15 is 0 Å². The van der Waals surface area contributed by atoms with Crippen LogP contribution in [0.5, 0.6) is 11.5 Å². The number of methoxy groups -OCH3 is 2. The van der Waals surface area contributed by atoms with E-state index in [0.717, 1.165) is 22.0 Å². The molecule has 8 heteroatoms. The van der Waals surface area contributed by atoms with Gasteiger partial charge in [-0.2, -0.15) is 0 Å². The second kappa shape index (κ2) is 9.28. The van der Waals surface area contributed by atoms with Gasteiger partial charge < -0.3 is 9.47 Å². The van der Waals surface area contributed by atoms with E-state index in [1.807, 2.05) is 66.2 Å². The summed E-state index contributed by atoms with van der Waals surface area (Å²) < 4.78 is 10.7. The first kappa shape index (κ1) is 21.0. The third-order valence-corrected chi connectivity index (χ3v) is 6.46. The fraction of sp³-hybridized carbons (Fsp3) is 0.174. The van der Waals surface area contributed by atoms with Gasteiger partial charge in [0.05, 0.1) is 37.7 Å². The topological polar surface area (TPSA) is 64.5 Å². The second-order valence-electron chi connectivity index (χ2n) is 6.73. The number of aryl methyl sites for hydroxylation is 1. The monoisotopic (exact) mass is 451 g/mol. The van der Waals surface area contributed by atoms with Crippen LogP contribution in [-0.2, 0) is 11.2 Å². The number of hydrogen-bond donors (Lipinski definition) is 0. The van der Waals surface area contributed by atoms with E-state index in [-0.39, 0.29) is 12.3 Å². The highest BCUT2D eigenvalue weighted by atomic mass is 32.1. The van der Waals surface area contributed by atoms with E-state index in [9.17, 15) is 4.79 Å². The molecule has 0 fully saturated rings. The molecule has 0 unspecified atom stereocenters. The van der Waals surface area contributed by atoms with Crippen molar-refractivity contribution in [2.45, 2.75) is 13.3 Å². The van der Waals surface area contributed by atoms with Crippen LogP contribution in [0.25, 0.3) is 10.6 Å². The molecule has 0 bridgehead atoms. The van der Waals surface area contributed by atoms with Crippen molar-refractivity contribution in [2.75, 3.05) is 19.1 Å². The van der Waals surface area contributed by atoms with Crippen molar-refractivity contribution < 1.29 is 14.3 Å². The Bertz CT molecular complexity index is 1190. The fourth-order valence-electron chi connectivity index (χ4n) is 3.11. The predicted molar refractivity (Wildman–Crippen MR) is 125 cm³/mol. The van der Waals surface area contributed by atoms with Gasteiger partial charge in [-0.15, -0.1) is 22.7 Å². The number of nitrogens with zero attached hydrogens (tertiary/aromatic N) is 3. The van der Waals surface area contributed by atoms with Crippen molar-refractivity contribution in [3.05, 3.63) is 70.7 Å². The molecule has 0 saturated carbocycles. The van der Waals surface area contributed by atoms with Gasteiger partial charge in [-0.25, -0.2) is 9.97 Å². The second-order valence-corrected chi connectivity index (χ2v) is 8.42. The first-order chi connectivity index (χ1) is 15.1. The lowest BCUT2D eigenvalue weighted by Gasteiger charge is -2.19. The summed E-state index contributed by atoms with van der Waals surface area (Å²) in [5.74, 6) is 1.22. The first-order valence-corrected chi connectivity index (χ1v) is 11.3. The lowest BCUT2D eigenvalue weighted by atomic mass is 10.2. The Kier molecular flexibility index (Phi) is 6.29. The minimum absolute atomic E-state index is 0.0790. The molecule has 0 radical (unpaired) electrons. The van der Waals surface area contributed by atoms with Crippen LogP contribution >= 0.6 is 22.7 Å². The van der Waals surface area contributed by atoms with E-state index in [0.29, 0.717) is 22.3 Å². The molecule has 0 atom stereocenters. The summed E-state index contributed by atoms with van der Waals surface area (Å²) in [5, 5.41) is 5.33. The molecule has 4 rings (SSSR count). The third-order valence-electron chi connectivity index (χ3n) is 4.58. The minimum Gasteiger partial charge on any atom is -0.493 e. The molecule has 6 nitrogen and oxygen atoms in total. The Morgan fingerprint density at radius 1 is 0.968 bits per heavy atom. The average molecular weight is 452 g/mol. The number of aromatic nitrogens is 2. The Labute approximate surface area is 188 Å². The molecule has 158 valence electrons. The first-order valence-electron chi connectivity index (χ1n) is 9.56. The van der Waals surface area contributed by atoms with Gasteiger partial charge in [0.15, 0.2) is 16.6 Å². The van der Waals surface area contributed by atoms with E-state index < -0.39 is 0 Å². The summed E-state index contributed by atoms with van der Waals surface area (Å²) in [7, 11) is 3.21. The van der Waals surface area contributed by atoms with E-state index in [1.54, 1.807) is 19.1 Å². The van der Waals surface area contributed by atoms with Gasteiger partial charge >= 0.3 is 0 Å². The molecule has 0 aliphatic heterocycles. The molecule has 0 aliphatic carbocycles. The predicted octanol–water partition coefficient (Wildman–Crippen LogP) is 5.50. The highest BCUT2D eigenvalue weighted by Gasteiger charge is 2.22. The lowest BCUT2D eigenvalue weighted by molar-refractivity contribution is -0.117. The van der Waals surface area contributed by atoms with Crippen molar-refractivity contribution in [2.24, 2.45) is 0 Å². The molecule has 4 aromatic rings. The van der Waals surface area contributed by atoms with Crippen LogP contribution in [0.2, 0.25) is 0 Å². The van der Waals surface area contributed by atoms with Gasteiger partial charge in [-0.1, -0.05) is 18.2 Å². The Balaban J connectivity index is 1.59. The molecule has 2 aromatic carbocycles. The fourth-order valence-corrected chi connectivity index (χ4v) is 4.76. The largest absolute Gasteiger partial charge is 0.493 e. The van der Waals surface area contributed by atoms with Crippen LogP contribution in [0.1, 0.15) is 11.4 Å². The average Bonchev–Trinajstić information content (AvgIpc) is 3.43. The molecule has 0 N–H and O–H groups in total. The van der Waals surface area contributed by atoms with Gasteiger partial charge in [-0.05, 0) is 37.3 Å². The number of thiazole rings is 2. The SMILES string of the molecule is COc1ccc(-c2nc(CC(=O)N(c3ccccc3)c3nc(C)cs3)cs2)cc1OC. The van der Waals surface area contributed by atoms with Crippen LogP contribution in [0.15, 0.2) is 59.3 Å². The number of benzene rings is 2. The molecular formula is C23H21N3O3S2. The number of hydrogen-bond acceptors (Lipinski definition) is 7. The quantitative estimate of drug-likeness (QED) is 0.371. The van der Waals surface area contributed by atoms with Crippen LogP contribution in [0, 0.1) is 6.92 Å². The molecule has 1 amide bonds. The van der Waals surface area contributed by atoms with Crippen molar-refractivity contribution >= 4 is 39.4 Å². The summed E-state index contributed by atoms with van der Waals surface area (Å²) in [6, 6.07) is 15.2. The van der Waals surface area contributed by atoms with Crippen molar-refractivity contribution in [1.82, 2.24) is 9.97 Å². The van der Waals surface area contributed by atoms with Crippen molar-refractivity contribution in [3.63, 3.8) is 0 Å². The highest BCUT2D eigenvalue weighted by molar-refractivity contribution is 7.14. The van der Waals surface area contributed by atoms with Gasteiger partial charge in [-0.3, -0.25) is 9.69 Å². The number of rotatable bonds is 7. The number of amides is 1. The van der Waals surface area contributed by atoms with Crippen LogP contribution in [0.3, 0.4) is 0 Å². The van der Waals surface area contributed by atoms with Crippen LogP contribution in [0.4, 0.5) is 10.8 Å². The van der Waals surface area contributed by atoms with Crippen LogP contribution < -0.4 is 14.4 Å². The zero-order valence-corrected chi connectivity index (χ0v) is 19.0. The maximum absolute atomic E-state index is 13.3. The smallest absolute Gasteiger partial charge is 0.239 e. The number of anilines is 2. The number of carbonyl (C=O) groups excluding carboxylic acids is 1. The lowest BCUT2D eigenvalue weighted by Crippen LogP contribution is -2.27. The summed E-state index contributed by atoms with van der Waals surface area (Å²) in [6.07, 6.45) is 0.178. The van der Waals surface area contributed by atoms with Gasteiger partial charge in [0, 0.05) is 16.3 Å². The summed E-state index contributed by atoms with van der Waals surface area (Å²) in [4.78, 5) is 24.1. The number of para-hydroxylation sites is 1. The maximum Gasteiger partial charge on any atom is 0.239 e. The van der Waals surface area contributed by atoms with Crippen molar-refractivity contribution in [3.8, 4) is 22.1 Å². The molecular weight excluding hydrogens is 430 g/mol. The molecule has 0 aliphatic rings. The summed E-state index contributed by atoms with van der Waals surface area (Å²) in [6.45, 7) is 1.92. The number of carbonyl (C=O) groups is 1. The molecule has 0 spiro atoms. The highest BCUT2D eigenvalue weighted by Crippen LogP contribution is 2.34. The van der Waals surface area contributed by atoms with Gasteiger partial charge in [0.2, 0.25) is 5.91 Å². The van der Waals surface area contributed by atoms with E-state index in [4.69, 9.17) is 9.47 Å². The summed E-state index contributed by atoms with van der Waals surface area (Å²) in [5.41, 5.74) is 3.31. The molecule has 2 aromatic heterocycles. The van der Waals surface area contributed by atoms with Gasteiger partial charge in [0.1, 0.15) is 5.01 Å². The zero-order chi connectivity index (χ0) is 21.8. The Hall–Kier alpha value is -3.23. The molecule has 2 heterocycles. The van der Waals surface area contributed by atoms with Gasteiger partial charge in [0.25, 0.3) is 0 Å². The Morgan fingerprint density at radius 3 is 2.42 bits per heavy atom. The third kappa shape index (κ3) is 4.60. The minimum atomic E-state index is -0.0790. The van der Waals surface area contributed by atoms with E-state index in [1.165, 1.54) is 22.7 Å². The molecule has 0 saturated heterocycles. The molecule has 31 heavy (non-hydrogen) atoms. The maximum atomic E-state index is 13.3. The number of ether oxygens (including phenoxy) is 2. The summed E-state index contributed by atoms with van der Waals surface area (Å²) >= 11 is 2.94. The normalized spacial score (nSPS) is 10.7. The Morgan fingerprint density at radius 2 is 1.74 bits per heavy atom. The van der Waals surface area contributed by atoms with Crippen molar-refractivity contribution in [1.29, 1.82) is 0 Å². The van der Waals surface area contributed by atoms with Crippen LogP contribution in [-0.4, -0.2) is 30.1 Å². The van der Waals surface area contributed by atoms with E-state index in [2.05, 4.69) is 9.97 Å². The zero-order valence-electron chi connectivity index (χ0n) is 17.4.